The number of sulfonamides is 1. The van der Waals surface area contributed by atoms with Crippen molar-refractivity contribution >= 4 is 15.9 Å². The number of halogens is 3. The van der Waals surface area contributed by atoms with Crippen LogP contribution in [0.4, 0.5) is 13.2 Å². The molecule has 7 nitrogen and oxygen atoms in total. The summed E-state index contributed by atoms with van der Waals surface area (Å²) in [6.07, 6.45) is -3.58. The number of alkyl halides is 3. The zero-order valence-electron chi connectivity index (χ0n) is 16.9. The van der Waals surface area contributed by atoms with Gasteiger partial charge in [0.25, 0.3) is 5.91 Å². The van der Waals surface area contributed by atoms with Crippen molar-refractivity contribution < 1.29 is 26.4 Å². The molecule has 0 unspecified atom stereocenters. The number of carbonyl (C=O) groups is 1. The third kappa shape index (κ3) is 4.08. The molecule has 168 valence electrons. The maximum absolute atomic E-state index is 13.3. The third-order valence-electron chi connectivity index (χ3n) is 6.07. The first kappa shape index (κ1) is 21.8. The summed E-state index contributed by atoms with van der Waals surface area (Å²) in [5.41, 5.74) is 1.02. The van der Waals surface area contributed by atoms with E-state index in [1.54, 1.807) is 17.9 Å². The van der Waals surface area contributed by atoms with E-state index in [4.69, 9.17) is 0 Å². The predicted molar refractivity (Wildman–Crippen MR) is 107 cm³/mol. The number of fused-ring (bicyclic) bond motifs is 1. The van der Waals surface area contributed by atoms with Gasteiger partial charge in [0.1, 0.15) is 0 Å². The van der Waals surface area contributed by atoms with Gasteiger partial charge in [0.05, 0.1) is 23.6 Å². The van der Waals surface area contributed by atoms with Crippen LogP contribution in [0.15, 0.2) is 24.3 Å². The number of nitrogens with zero attached hydrogens (tertiary/aromatic N) is 3. The zero-order chi connectivity index (χ0) is 22.4. The number of likely N-dealkylation sites (tertiary alicyclic amines) is 1. The molecule has 1 amide bonds. The van der Waals surface area contributed by atoms with Crippen molar-refractivity contribution in [3.05, 3.63) is 52.3 Å². The van der Waals surface area contributed by atoms with Crippen LogP contribution in [-0.4, -0.2) is 52.6 Å². The van der Waals surface area contributed by atoms with Crippen molar-refractivity contribution in [1.29, 1.82) is 0 Å². The molecule has 1 N–H and O–H groups in total. The summed E-state index contributed by atoms with van der Waals surface area (Å²) in [5, 5.41) is 6.85. The van der Waals surface area contributed by atoms with Gasteiger partial charge in [0, 0.05) is 25.2 Å². The maximum Gasteiger partial charge on any atom is 0.416 e. The van der Waals surface area contributed by atoms with Crippen molar-refractivity contribution in [3.8, 4) is 0 Å². The van der Waals surface area contributed by atoms with Crippen LogP contribution < -0.4 is 0 Å². The lowest BCUT2D eigenvalue weighted by Crippen LogP contribution is -2.39. The van der Waals surface area contributed by atoms with Gasteiger partial charge >= 0.3 is 6.18 Å². The van der Waals surface area contributed by atoms with E-state index >= 15 is 0 Å². The molecule has 2 aromatic rings. The Bertz CT molecular complexity index is 1090. The van der Waals surface area contributed by atoms with Crippen molar-refractivity contribution in [2.75, 3.05) is 18.8 Å². The minimum absolute atomic E-state index is 0.0269. The molecule has 1 fully saturated rings. The second kappa shape index (κ2) is 7.94. The number of piperidine rings is 1. The van der Waals surface area contributed by atoms with Crippen LogP contribution in [0, 0.1) is 0 Å². The van der Waals surface area contributed by atoms with E-state index in [1.165, 1.54) is 16.4 Å². The number of hydrogen-bond acceptors (Lipinski definition) is 4. The molecule has 1 aromatic heterocycles. The fourth-order valence-electron chi connectivity index (χ4n) is 4.32. The summed E-state index contributed by atoms with van der Waals surface area (Å²) in [5.74, 6) is -0.631. The molecule has 1 saturated heterocycles. The standard InChI is InChI=1S/C20H23F3N4O3S/c1-2-31(29,30)27-11-15-17(12-27)24-25-18(15)19(28)26-9-7-13(8-10-26)14-5-3-4-6-16(14)20(21,22)23/h3-6,13H,2,7-12H2,1H3,(H,24,25). The summed E-state index contributed by atoms with van der Waals surface area (Å²) >= 11 is 0. The molecule has 11 heteroatoms. The Kier molecular flexibility index (Phi) is 5.59. The summed E-state index contributed by atoms with van der Waals surface area (Å²) in [7, 11) is -3.39. The highest BCUT2D eigenvalue weighted by Gasteiger charge is 2.38. The van der Waals surface area contributed by atoms with Crippen LogP contribution in [0.25, 0.3) is 0 Å². The number of hydrogen-bond donors (Lipinski definition) is 1. The molecule has 2 aliphatic heterocycles. The van der Waals surface area contributed by atoms with Crippen LogP contribution in [0.1, 0.15) is 58.6 Å². The maximum atomic E-state index is 13.3. The number of aromatic amines is 1. The zero-order valence-corrected chi connectivity index (χ0v) is 17.8. The average molecular weight is 456 g/mol. The smallest absolute Gasteiger partial charge is 0.337 e. The fourth-order valence-corrected chi connectivity index (χ4v) is 5.34. The minimum Gasteiger partial charge on any atom is -0.337 e. The largest absolute Gasteiger partial charge is 0.416 e. The van der Waals surface area contributed by atoms with Gasteiger partial charge in [-0.1, -0.05) is 18.2 Å². The van der Waals surface area contributed by atoms with Gasteiger partial charge in [-0.3, -0.25) is 9.89 Å². The number of H-pyrrole nitrogens is 1. The van der Waals surface area contributed by atoms with Crippen LogP contribution in [0.3, 0.4) is 0 Å². The van der Waals surface area contributed by atoms with Crippen molar-refractivity contribution in [3.63, 3.8) is 0 Å². The van der Waals surface area contributed by atoms with Gasteiger partial charge in [-0.2, -0.15) is 22.6 Å². The lowest BCUT2D eigenvalue weighted by Gasteiger charge is -2.33. The normalized spacial score (nSPS) is 18.4. The van der Waals surface area contributed by atoms with Crippen LogP contribution in [-0.2, 0) is 29.3 Å². The number of carbonyl (C=O) groups excluding carboxylic acids is 1. The van der Waals surface area contributed by atoms with Gasteiger partial charge in [-0.05, 0) is 37.3 Å². The van der Waals surface area contributed by atoms with Crippen LogP contribution in [0.5, 0.6) is 0 Å². The van der Waals surface area contributed by atoms with Gasteiger partial charge in [0.2, 0.25) is 10.0 Å². The fraction of sp³-hybridized carbons (Fsp3) is 0.500. The second-order valence-corrected chi connectivity index (χ2v) is 10.1. The van der Waals surface area contributed by atoms with E-state index in [-0.39, 0.29) is 41.9 Å². The predicted octanol–water partition coefficient (Wildman–Crippen LogP) is 3.11. The first-order valence-electron chi connectivity index (χ1n) is 10.1. The molecule has 0 saturated carbocycles. The molecule has 2 aliphatic rings. The van der Waals surface area contributed by atoms with Gasteiger partial charge < -0.3 is 4.90 Å². The van der Waals surface area contributed by atoms with Crippen LogP contribution in [0.2, 0.25) is 0 Å². The van der Waals surface area contributed by atoms with E-state index in [2.05, 4.69) is 10.2 Å². The number of benzene rings is 1. The molecule has 0 aliphatic carbocycles. The summed E-state index contributed by atoms with van der Waals surface area (Å²) in [6, 6.07) is 5.58. The number of aromatic nitrogens is 2. The average Bonchev–Trinajstić information content (AvgIpc) is 3.34. The molecule has 4 rings (SSSR count). The molecule has 0 spiro atoms. The highest BCUT2D eigenvalue weighted by Crippen LogP contribution is 2.39. The Morgan fingerprint density at radius 1 is 1.19 bits per heavy atom. The Labute approximate surface area is 178 Å². The van der Waals surface area contributed by atoms with E-state index < -0.39 is 21.8 Å². The van der Waals surface area contributed by atoms with Gasteiger partial charge in [-0.15, -0.1) is 0 Å². The lowest BCUT2D eigenvalue weighted by atomic mass is 9.86. The Morgan fingerprint density at radius 3 is 2.52 bits per heavy atom. The molecule has 0 atom stereocenters. The number of amides is 1. The second-order valence-electron chi connectivity index (χ2n) is 7.85. The molecule has 31 heavy (non-hydrogen) atoms. The first-order chi connectivity index (χ1) is 14.6. The van der Waals surface area contributed by atoms with Crippen molar-refractivity contribution in [2.45, 2.75) is 44.9 Å². The SMILES string of the molecule is CCS(=O)(=O)N1Cc2[nH]nc(C(=O)N3CCC(c4ccccc4C(F)(F)F)CC3)c2C1. The summed E-state index contributed by atoms with van der Waals surface area (Å²) in [4.78, 5) is 14.6. The first-order valence-corrected chi connectivity index (χ1v) is 11.7. The van der Waals surface area contributed by atoms with Crippen molar-refractivity contribution in [1.82, 2.24) is 19.4 Å². The van der Waals surface area contributed by atoms with Crippen LogP contribution >= 0.6 is 0 Å². The molecular weight excluding hydrogens is 433 g/mol. The van der Waals surface area contributed by atoms with E-state index in [9.17, 15) is 26.4 Å². The Hall–Kier alpha value is -2.40. The molecule has 0 bridgehead atoms. The van der Waals surface area contributed by atoms with E-state index in [0.29, 0.717) is 37.2 Å². The summed E-state index contributed by atoms with van der Waals surface area (Å²) in [6.45, 7) is 2.44. The van der Waals surface area contributed by atoms with Crippen molar-refractivity contribution in [2.24, 2.45) is 0 Å². The highest BCUT2D eigenvalue weighted by atomic mass is 32.2. The van der Waals surface area contributed by atoms with Gasteiger partial charge in [-0.25, -0.2) is 8.42 Å². The quantitative estimate of drug-likeness (QED) is 0.766. The number of nitrogens with one attached hydrogen (secondary N) is 1. The lowest BCUT2D eigenvalue weighted by molar-refractivity contribution is -0.138. The monoisotopic (exact) mass is 456 g/mol. The van der Waals surface area contributed by atoms with E-state index in [0.717, 1.165) is 6.07 Å². The minimum atomic E-state index is -4.41. The Balaban J connectivity index is 1.46. The highest BCUT2D eigenvalue weighted by molar-refractivity contribution is 7.89. The third-order valence-corrected chi connectivity index (χ3v) is 7.85. The van der Waals surface area contributed by atoms with Gasteiger partial charge in [0.15, 0.2) is 5.69 Å². The van der Waals surface area contributed by atoms with E-state index in [1.807, 2.05) is 0 Å². The number of rotatable bonds is 4. The molecule has 1 aromatic carbocycles. The molecule has 0 radical (unpaired) electrons. The summed E-state index contributed by atoms with van der Waals surface area (Å²) < 4.78 is 65.6. The topological polar surface area (TPSA) is 86.4 Å². The Morgan fingerprint density at radius 2 is 1.87 bits per heavy atom. The molecular formula is C20H23F3N4O3S. The molecule has 3 heterocycles.